The van der Waals surface area contributed by atoms with Gasteiger partial charge in [0.1, 0.15) is 0 Å². The van der Waals surface area contributed by atoms with E-state index in [1.54, 1.807) is 7.05 Å². The Hall–Kier alpha value is -2.83. The second kappa shape index (κ2) is 5.66. The highest BCUT2D eigenvalue weighted by Crippen LogP contribution is 2.21. The zero-order chi connectivity index (χ0) is 15.6. The summed E-state index contributed by atoms with van der Waals surface area (Å²) in [7, 11) is 3.52. The Labute approximate surface area is 121 Å². The van der Waals surface area contributed by atoms with Crippen LogP contribution in [0.15, 0.2) is 36.5 Å². The SMILES string of the molecule is CN(Cc1cccn1C)C(=O)c1cc([N+](=O)[O-])ccc1N. The summed E-state index contributed by atoms with van der Waals surface area (Å²) in [6.45, 7) is 0.393. The Balaban J connectivity index is 2.25. The van der Waals surface area contributed by atoms with Gasteiger partial charge in [-0.15, -0.1) is 0 Å². The van der Waals surface area contributed by atoms with Crippen LogP contribution in [0.3, 0.4) is 0 Å². The summed E-state index contributed by atoms with van der Waals surface area (Å²) >= 11 is 0. The smallest absolute Gasteiger partial charge is 0.270 e. The monoisotopic (exact) mass is 288 g/mol. The van der Waals surface area contributed by atoms with Crippen molar-refractivity contribution < 1.29 is 9.72 Å². The molecule has 2 aromatic rings. The molecule has 0 atom stereocenters. The molecule has 1 aromatic carbocycles. The number of carbonyl (C=O) groups is 1. The molecule has 0 bridgehead atoms. The number of rotatable bonds is 4. The first kappa shape index (κ1) is 14.6. The fourth-order valence-electron chi connectivity index (χ4n) is 2.02. The third kappa shape index (κ3) is 3.02. The molecule has 0 saturated carbocycles. The Morgan fingerprint density at radius 1 is 1.43 bits per heavy atom. The first-order valence-corrected chi connectivity index (χ1v) is 6.29. The fourth-order valence-corrected chi connectivity index (χ4v) is 2.02. The van der Waals surface area contributed by atoms with E-state index in [-0.39, 0.29) is 22.8 Å². The minimum Gasteiger partial charge on any atom is -0.398 e. The van der Waals surface area contributed by atoms with Crippen molar-refractivity contribution >= 4 is 17.3 Å². The van der Waals surface area contributed by atoms with Gasteiger partial charge in [0, 0.05) is 43.8 Å². The lowest BCUT2D eigenvalue weighted by atomic mass is 10.1. The Morgan fingerprint density at radius 3 is 2.71 bits per heavy atom. The van der Waals surface area contributed by atoms with E-state index in [0.29, 0.717) is 6.54 Å². The summed E-state index contributed by atoms with van der Waals surface area (Å²) < 4.78 is 1.90. The predicted octanol–water partition coefficient (Wildman–Crippen LogP) is 1.79. The minimum atomic E-state index is -0.548. The highest BCUT2D eigenvalue weighted by atomic mass is 16.6. The van der Waals surface area contributed by atoms with Crippen LogP contribution in [0.4, 0.5) is 11.4 Å². The van der Waals surface area contributed by atoms with Crippen molar-refractivity contribution in [2.45, 2.75) is 6.54 Å². The Bertz CT molecular complexity index is 693. The molecule has 2 N–H and O–H groups in total. The maximum atomic E-state index is 12.4. The topological polar surface area (TPSA) is 94.4 Å². The number of benzene rings is 1. The van der Waals surface area contributed by atoms with Crippen LogP contribution in [-0.4, -0.2) is 27.3 Å². The van der Waals surface area contributed by atoms with E-state index in [1.165, 1.54) is 23.1 Å². The molecular formula is C14H16N4O3. The summed E-state index contributed by atoms with van der Waals surface area (Å²) in [5.41, 5.74) is 6.92. The third-order valence-corrected chi connectivity index (χ3v) is 3.28. The second-order valence-corrected chi connectivity index (χ2v) is 4.80. The molecule has 0 unspecified atom stereocenters. The van der Waals surface area contributed by atoms with Gasteiger partial charge in [0.2, 0.25) is 0 Å². The molecule has 1 heterocycles. The molecule has 21 heavy (non-hydrogen) atoms. The van der Waals surface area contributed by atoms with Crippen LogP contribution < -0.4 is 5.73 Å². The molecular weight excluding hydrogens is 272 g/mol. The van der Waals surface area contributed by atoms with Crippen LogP contribution in [0.5, 0.6) is 0 Å². The van der Waals surface area contributed by atoms with Crippen molar-refractivity contribution in [3.05, 3.63) is 57.9 Å². The number of nitro groups is 1. The number of hydrogen-bond acceptors (Lipinski definition) is 4. The normalized spacial score (nSPS) is 10.4. The highest BCUT2D eigenvalue weighted by molar-refractivity contribution is 5.99. The van der Waals surface area contributed by atoms with E-state index in [4.69, 9.17) is 5.73 Å². The second-order valence-electron chi connectivity index (χ2n) is 4.80. The molecule has 0 spiro atoms. The van der Waals surface area contributed by atoms with Crippen molar-refractivity contribution in [3.63, 3.8) is 0 Å². The number of amides is 1. The summed E-state index contributed by atoms with van der Waals surface area (Å²) in [6, 6.07) is 7.65. The Kier molecular flexibility index (Phi) is 3.93. The van der Waals surface area contributed by atoms with E-state index in [0.717, 1.165) is 5.69 Å². The molecule has 1 aromatic heterocycles. The average Bonchev–Trinajstić information content (AvgIpc) is 2.83. The lowest BCUT2D eigenvalue weighted by Gasteiger charge is -2.18. The molecule has 0 aliphatic carbocycles. The quantitative estimate of drug-likeness (QED) is 0.527. The van der Waals surface area contributed by atoms with Gasteiger partial charge in [-0.2, -0.15) is 0 Å². The number of aryl methyl sites for hydroxylation is 1. The number of nitro benzene ring substituents is 1. The summed E-state index contributed by atoms with van der Waals surface area (Å²) in [5, 5.41) is 10.8. The van der Waals surface area contributed by atoms with Gasteiger partial charge in [-0.3, -0.25) is 14.9 Å². The molecule has 2 rings (SSSR count). The maximum Gasteiger partial charge on any atom is 0.270 e. The van der Waals surface area contributed by atoms with Crippen molar-refractivity contribution in [1.29, 1.82) is 0 Å². The number of nitrogens with two attached hydrogens (primary N) is 1. The van der Waals surface area contributed by atoms with Crippen LogP contribution in [0, 0.1) is 10.1 Å². The fraction of sp³-hybridized carbons (Fsp3) is 0.214. The van der Waals surface area contributed by atoms with Gasteiger partial charge in [-0.25, -0.2) is 0 Å². The molecule has 110 valence electrons. The van der Waals surface area contributed by atoms with Crippen LogP contribution in [0.1, 0.15) is 16.1 Å². The van der Waals surface area contributed by atoms with Gasteiger partial charge in [-0.05, 0) is 18.2 Å². The maximum absolute atomic E-state index is 12.4. The van der Waals surface area contributed by atoms with Gasteiger partial charge in [0.05, 0.1) is 17.0 Å². The van der Waals surface area contributed by atoms with E-state index in [1.807, 2.05) is 29.9 Å². The van der Waals surface area contributed by atoms with Crippen LogP contribution >= 0.6 is 0 Å². The van der Waals surface area contributed by atoms with E-state index < -0.39 is 4.92 Å². The average molecular weight is 288 g/mol. The lowest BCUT2D eigenvalue weighted by Crippen LogP contribution is -2.27. The van der Waals surface area contributed by atoms with E-state index >= 15 is 0 Å². The van der Waals surface area contributed by atoms with Crippen molar-refractivity contribution in [3.8, 4) is 0 Å². The molecule has 7 heteroatoms. The largest absolute Gasteiger partial charge is 0.398 e. The van der Waals surface area contributed by atoms with Crippen LogP contribution in [0.25, 0.3) is 0 Å². The first-order valence-electron chi connectivity index (χ1n) is 6.29. The molecule has 7 nitrogen and oxygen atoms in total. The minimum absolute atomic E-state index is 0.140. The molecule has 0 saturated heterocycles. The van der Waals surface area contributed by atoms with Gasteiger partial charge < -0.3 is 15.2 Å². The van der Waals surface area contributed by atoms with Crippen molar-refractivity contribution in [2.75, 3.05) is 12.8 Å². The number of non-ortho nitro benzene ring substituents is 1. The summed E-state index contributed by atoms with van der Waals surface area (Å²) in [4.78, 5) is 24.1. The third-order valence-electron chi connectivity index (χ3n) is 3.28. The molecule has 0 radical (unpaired) electrons. The van der Waals surface area contributed by atoms with Crippen molar-refractivity contribution in [2.24, 2.45) is 7.05 Å². The molecule has 0 fully saturated rings. The first-order chi connectivity index (χ1) is 9.90. The summed E-state index contributed by atoms with van der Waals surface area (Å²) in [5.74, 6) is -0.350. The number of aromatic nitrogens is 1. The standard InChI is InChI=1S/C14H16N4O3/c1-16-7-3-4-11(16)9-17(2)14(19)12-8-10(18(20)21)5-6-13(12)15/h3-8H,9,15H2,1-2H3. The van der Waals surface area contributed by atoms with E-state index in [2.05, 4.69) is 0 Å². The van der Waals surface area contributed by atoms with Crippen molar-refractivity contribution in [1.82, 2.24) is 9.47 Å². The van der Waals surface area contributed by atoms with Crippen LogP contribution in [0.2, 0.25) is 0 Å². The lowest BCUT2D eigenvalue weighted by molar-refractivity contribution is -0.384. The predicted molar refractivity (Wildman–Crippen MR) is 78.7 cm³/mol. The van der Waals surface area contributed by atoms with E-state index in [9.17, 15) is 14.9 Å². The van der Waals surface area contributed by atoms with Gasteiger partial charge >= 0.3 is 0 Å². The number of carbonyl (C=O) groups excluding carboxylic acids is 1. The number of nitrogens with zero attached hydrogens (tertiary/aromatic N) is 3. The summed E-state index contributed by atoms with van der Waals surface area (Å²) in [6.07, 6.45) is 1.88. The van der Waals surface area contributed by atoms with Gasteiger partial charge in [-0.1, -0.05) is 0 Å². The van der Waals surface area contributed by atoms with Gasteiger partial charge in [0.15, 0.2) is 0 Å². The zero-order valence-corrected chi connectivity index (χ0v) is 11.8. The van der Waals surface area contributed by atoms with Gasteiger partial charge in [0.25, 0.3) is 11.6 Å². The number of nitrogen functional groups attached to an aromatic ring is 1. The zero-order valence-electron chi connectivity index (χ0n) is 11.8. The number of anilines is 1. The van der Waals surface area contributed by atoms with Crippen LogP contribution in [-0.2, 0) is 13.6 Å². The number of hydrogen-bond donors (Lipinski definition) is 1. The molecule has 1 amide bonds. The molecule has 0 aliphatic heterocycles. The Morgan fingerprint density at radius 2 is 2.14 bits per heavy atom. The molecule has 0 aliphatic rings. The highest BCUT2D eigenvalue weighted by Gasteiger charge is 2.19.